The number of nitrogens with two attached hydrogens (primary N) is 1. The highest BCUT2D eigenvalue weighted by molar-refractivity contribution is 7.89. The molecule has 1 unspecified atom stereocenters. The molecule has 0 saturated carbocycles. The van der Waals surface area contributed by atoms with Gasteiger partial charge in [0.05, 0.1) is 17.1 Å². The normalized spacial score (nSPS) is 13.3. The average molecular weight is 388 g/mol. The molecule has 1 atom stereocenters. The van der Waals surface area contributed by atoms with Gasteiger partial charge in [-0.2, -0.15) is 13.2 Å². The van der Waals surface area contributed by atoms with Crippen LogP contribution in [0.3, 0.4) is 0 Å². The Kier molecular flexibility index (Phi) is 5.82. The van der Waals surface area contributed by atoms with Gasteiger partial charge in [0.2, 0.25) is 10.0 Å². The Hall–Kier alpha value is -2.26. The predicted molar refractivity (Wildman–Crippen MR) is 92.5 cm³/mol. The molecule has 0 bridgehead atoms. The molecule has 0 heterocycles. The van der Waals surface area contributed by atoms with Gasteiger partial charge >= 0.3 is 6.18 Å². The number of nitrogens with one attached hydrogen (secondary N) is 1. The highest BCUT2D eigenvalue weighted by atomic mass is 32.2. The van der Waals surface area contributed by atoms with E-state index in [4.69, 9.17) is 9.88 Å². The second-order valence-corrected chi connectivity index (χ2v) is 7.16. The fourth-order valence-electron chi connectivity index (χ4n) is 2.46. The summed E-state index contributed by atoms with van der Waals surface area (Å²) < 4.78 is 67.8. The predicted octanol–water partition coefficient (Wildman–Crippen LogP) is 3.92. The summed E-state index contributed by atoms with van der Waals surface area (Å²) in [6, 6.07) is 9.65. The number of benzene rings is 2. The second kappa shape index (κ2) is 7.55. The zero-order valence-electron chi connectivity index (χ0n) is 14.2. The highest BCUT2D eigenvalue weighted by Gasteiger charge is 2.36. The van der Waals surface area contributed by atoms with Gasteiger partial charge in [0.15, 0.2) is 0 Å². The van der Waals surface area contributed by atoms with E-state index < -0.39 is 26.7 Å². The lowest BCUT2D eigenvalue weighted by atomic mass is 10.1. The van der Waals surface area contributed by atoms with E-state index >= 15 is 0 Å². The van der Waals surface area contributed by atoms with Crippen molar-refractivity contribution in [3.8, 4) is 5.75 Å². The topological polar surface area (TPSA) is 81.4 Å². The lowest BCUT2D eigenvalue weighted by Crippen LogP contribution is -2.19. The van der Waals surface area contributed by atoms with Crippen molar-refractivity contribution >= 4 is 15.7 Å². The molecule has 0 radical (unpaired) electrons. The number of rotatable bonds is 6. The van der Waals surface area contributed by atoms with Gasteiger partial charge in [-0.15, -0.1) is 0 Å². The van der Waals surface area contributed by atoms with Crippen LogP contribution >= 0.6 is 0 Å². The first-order valence-corrected chi connectivity index (χ1v) is 9.30. The third kappa shape index (κ3) is 4.89. The molecule has 2 rings (SSSR count). The summed E-state index contributed by atoms with van der Waals surface area (Å²) in [6.45, 7) is 4.11. The number of primary sulfonamides is 1. The number of halogens is 3. The molecule has 0 aliphatic carbocycles. The first-order valence-electron chi connectivity index (χ1n) is 7.75. The molecule has 0 amide bonds. The van der Waals surface area contributed by atoms with Crippen molar-refractivity contribution in [3.63, 3.8) is 0 Å². The quantitative estimate of drug-likeness (QED) is 0.786. The summed E-state index contributed by atoms with van der Waals surface area (Å²) in [5.74, 6) is 0.652. The van der Waals surface area contributed by atoms with Crippen LogP contribution < -0.4 is 15.2 Å². The van der Waals surface area contributed by atoms with Crippen molar-refractivity contribution in [1.82, 2.24) is 0 Å². The van der Waals surface area contributed by atoms with Gasteiger partial charge in [-0.05, 0) is 49.7 Å². The number of alkyl halides is 3. The van der Waals surface area contributed by atoms with Gasteiger partial charge in [-0.1, -0.05) is 12.1 Å². The van der Waals surface area contributed by atoms with Crippen molar-refractivity contribution in [2.45, 2.75) is 31.0 Å². The molecule has 2 aromatic rings. The monoisotopic (exact) mass is 388 g/mol. The smallest absolute Gasteiger partial charge is 0.417 e. The van der Waals surface area contributed by atoms with Crippen LogP contribution in [0.2, 0.25) is 0 Å². The van der Waals surface area contributed by atoms with E-state index in [9.17, 15) is 21.6 Å². The maximum absolute atomic E-state index is 13.2. The molecule has 0 saturated heterocycles. The average Bonchev–Trinajstić information content (AvgIpc) is 2.53. The Labute approximate surface area is 150 Å². The Morgan fingerprint density at radius 1 is 1.19 bits per heavy atom. The van der Waals surface area contributed by atoms with Gasteiger partial charge in [0, 0.05) is 11.7 Å². The summed E-state index contributed by atoms with van der Waals surface area (Å²) >= 11 is 0. The molecule has 26 heavy (non-hydrogen) atoms. The van der Waals surface area contributed by atoms with Crippen molar-refractivity contribution in [1.29, 1.82) is 0 Å². The molecule has 0 spiro atoms. The molecule has 5 nitrogen and oxygen atoms in total. The summed E-state index contributed by atoms with van der Waals surface area (Å²) in [7, 11) is -4.49. The van der Waals surface area contributed by atoms with Gasteiger partial charge in [0.1, 0.15) is 5.75 Å². The summed E-state index contributed by atoms with van der Waals surface area (Å²) in [5, 5.41) is 7.81. The number of hydrogen-bond donors (Lipinski definition) is 2. The lowest BCUT2D eigenvalue weighted by Gasteiger charge is -2.19. The van der Waals surface area contributed by atoms with Crippen LogP contribution in [0.1, 0.15) is 31.0 Å². The second-order valence-electron chi connectivity index (χ2n) is 5.63. The van der Waals surface area contributed by atoms with Gasteiger partial charge in [-0.3, -0.25) is 0 Å². The van der Waals surface area contributed by atoms with E-state index in [1.54, 1.807) is 25.1 Å². The lowest BCUT2D eigenvalue weighted by molar-refractivity contribution is -0.139. The van der Waals surface area contributed by atoms with E-state index in [1.807, 2.05) is 13.0 Å². The summed E-state index contributed by atoms with van der Waals surface area (Å²) in [4.78, 5) is -0.957. The molecule has 0 fully saturated rings. The van der Waals surface area contributed by atoms with E-state index in [1.165, 1.54) is 6.07 Å². The molecule has 0 aromatic heterocycles. The Balaban J connectivity index is 2.34. The van der Waals surface area contributed by atoms with Gasteiger partial charge in [0.25, 0.3) is 0 Å². The molecule has 0 aliphatic rings. The zero-order chi connectivity index (χ0) is 19.5. The summed E-state index contributed by atoms with van der Waals surface area (Å²) in [5.41, 5.74) is -0.376. The van der Waals surface area contributed by atoms with Crippen molar-refractivity contribution in [2.75, 3.05) is 11.9 Å². The molecular formula is C17H19F3N2O3S. The van der Waals surface area contributed by atoms with Crippen LogP contribution in [-0.2, 0) is 16.2 Å². The maximum Gasteiger partial charge on any atom is 0.417 e. The van der Waals surface area contributed by atoms with E-state index in [-0.39, 0.29) is 11.7 Å². The van der Waals surface area contributed by atoms with Crippen LogP contribution in [0.5, 0.6) is 5.75 Å². The fraction of sp³-hybridized carbons (Fsp3) is 0.294. The van der Waals surface area contributed by atoms with Crippen molar-refractivity contribution in [2.24, 2.45) is 5.14 Å². The van der Waals surface area contributed by atoms with E-state index in [2.05, 4.69) is 5.32 Å². The fourth-order valence-corrected chi connectivity index (χ4v) is 3.20. The van der Waals surface area contributed by atoms with Crippen molar-refractivity contribution < 1.29 is 26.3 Å². The third-order valence-corrected chi connectivity index (χ3v) is 4.61. The SMILES string of the molecule is CCOc1cccc(C(C)Nc2ccc(S(N)(=O)=O)c(C(F)(F)F)c2)c1. The minimum atomic E-state index is -4.85. The molecule has 9 heteroatoms. The molecule has 2 aromatic carbocycles. The Morgan fingerprint density at radius 3 is 2.46 bits per heavy atom. The number of ether oxygens (including phenoxy) is 1. The van der Waals surface area contributed by atoms with Crippen LogP contribution in [-0.4, -0.2) is 15.0 Å². The first-order chi connectivity index (χ1) is 12.0. The largest absolute Gasteiger partial charge is 0.494 e. The number of hydrogen-bond acceptors (Lipinski definition) is 4. The minimum Gasteiger partial charge on any atom is -0.494 e. The molecule has 3 N–H and O–H groups in total. The molecular weight excluding hydrogens is 369 g/mol. The Morgan fingerprint density at radius 2 is 1.88 bits per heavy atom. The standard InChI is InChI=1S/C17H19F3N2O3S/c1-3-25-14-6-4-5-12(9-14)11(2)22-13-7-8-16(26(21,23)24)15(10-13)17(18,19)20/h4-11,22H,3H2,1-2H3,(H2,21,23,24). The van der Waals surface area contributed by atoms with Crippen molar-refractivity contribution in [3.05, 3.63) is 53.6 Å². The first kappa shape index (κ1) is 20.1. The molecule has 0 aliphatic heterocycles. The summed E-state index contributed by atoms with van der Waals surface area (Å²) in [6.07, 6.45) is -4.85. The van der Waals surface area contributed by atoms with Crippen LogP contribution in [0.15, 0.2) is 47.4 Å². The molecule has 142 valence electrons. The minimum absolute atomic E-state index is 0.124. The van der Waals surface area contributed by atoms with Gasteiger partial charge < -0.3 is 10.1 Å². The van der Waals surface area contributed by atoms with E-state index in [0.717, 1.165) is 17.7 Å². The van der Waals surface area contributed by atoms with Crippen LogP contribution in [0.25, 0.3) is 0 Å². The zero-order valence-corrected chi connectivity index (χ0v) is 15.0. The highest BCUT2D eigenvalue weighted by Crippen LogP contribution is 2.36. The van der Waals surface area contributed by atoms with Gasteiger partial charge in [-0.25, -0.2) is 13.6 Å². The van der Waals surface area contributed by atoms with E-state index in [0.29, 0.717) is 12.4 Å². The van der Waals surface area contributed by atoms with Crippen LogP contribution in [0.4, 0.5) is 18.9 Å². The van der Waals surface area contributed by atoms with Crippen LogP contribution in [0, 0.1) is 0 Å². The third-order valence-electron chi connectivity index (χ3n) is 3.64. The maximum atomic E-state index is 13.2. The Bertz CT molecular complexity index is 883. The number of sulfonamides is 1. The number of anilines is 1.